The van der Waals surface area contributed by atoms with Crippen LogP contribution in [-0.4, -0.2) is 10.2 Å². The predicted octanol–water partition coefficient (Wildman–Crippen LogP) is 4.38. The Kier molecular flexibility index (Phi) is 3.67. The maximum atomic E-state index is 13.3. The molecule has 0 saturated carbocycles. The Morgan fingerprint density at radius 3 is 2.71 bits per heavy atom. The van der Waals surface area contributed by atoms with Crippen LogP contribution in [0, 0.1) is 16.3 Å². The summed E-state index contributed by atoms with van der Waals surface area (Å²) in [4.78, 5) is 0. The van der Waals surface area contributed by atoms with Crippen LogP contribution in [0.1, 0.15) is 5.56 Å². The smallest absolute Gasteiger partial charge is 0.153 e. The number of hydrogen-bond acceptors (Lipinski definition) is 2. The largest absolute Gasteiger partial charge is 0.382 e. The lowest BCUT2D eigenvalue weighted by Crippen LogP contribution is -1.91. The molecule has 3 nitrogen and oxygen atoms in total. The molecule has 0 unspecified atom stereocenters. The number of aryl methyl sites for hydroxylation is 1. The zero-order valence-corrected chi connectivity index (χ0v) is 13.5. The van der Waals surface area contributed by atoms with Crippen LogP contribution in [0.25, 0.3) is 22.4 Å². The third-order valence-electron chi connectivity index (χ3n) is 3.30. The van der Waals surface area contributed by atoms with E-state index in [2.05, 4.69) is 38.9 Å². The summed E-state index contributed by atoms with van der Waals surface area (Å²) >= 11 is 2.11. The minimum absolute atomic E-state index is 0.257. The van der Waals surface area contributed by atoms with Crippen molar-refractivity contribution in [1.82, 2.24) is 10.2 Å². The van der Waals surface area contributed by atoms with E-state index >= 15 is 0 Å². The summed E-state index contributed by atoms with van der Waals surface area (Å²) in [5, 5.41) is 7.08. The maximum absolute atomic E-state index is 13.3. The van der Waals surface area contributed by atoms with Gasteiger partial charge in [-0.3, -0.25) is 5.10 Å². The van der Waals surface area contributed by atoms with Gasteiger partial charge in [-0.2, -0.15) is 5.10 Å². The average Bonchev–Trinajstić information content (AvgIpc) is 2.80. The van der Waals surface area contributed by atoms with Crippen LogP contribution in [0.2, 0.25) is 0 Å². The Labute approximate surface area is 135 Å². The zero-order valence-electron chi connectivity index (χ0n) is 11.3. The molecule has 1 aromatic heterocycles. The van der Waals surface area contributed by atoms with Crippen molar-refractivity contribution in [3.63, 3.8) is 0 Å². The minimum Gasteiger partial charge on any atom is -0.382 e. The molecule has 3 N–H and O–H groups in total. The molecule has 0 aliphatic rings. The van der Waals surface area contributed by atoms with Crippen molar-refractivity contribution in [2.45, 2.75) is 6.92 Å². The first-order chi connectivity index (χ1) is 10.1. The van der Waals surface area contributed by atoms with Crippen molar-refractivity contribution < 1.29 is 4.39 Å². The molecule has 0 bridgehead atoms. The van der Waals surface area contributed by atoms with Crippen molar-refractivity contribution in [2.24, 2.45) is 0 Å². The number of hydrogen-bond donors (Lipinski definition) is 2. The van der Waals surface area contributed by atoms with E-state index < -0.39 is 0 Å². The minimum atomic E-state index is -0.257. The van der Waals surface area contributed by atoms with Crippen molar-refractivity contribution in [3.8, 4) is 22.4 Å². The average molecular weight is 393 g/mol. The molecule has 21 heavy (non-hydrogen) atoms. The van der Waals surface area contributed by atoms with E-state index in [1.54, 1.807) is 6.07 Å². The molecule has 5 heteroatoms. The summed E-state index contributed by atoms with van der Waals surface area (Å²) < 4.78 is 14.1. The zero-order chi connectivity index (χ0) is 15.0. The fraction of sp³-hybridized carbons (Fsp3) is 0.0625. The summed E-state index contributed by atoms with van der Waals surface area (Å²) in [5.41, 5.74) is 10.7. The molecule has 0 aliphatic carbocycles. The van der Waals surface area contributed by atoms with Crippen LogP contribution in [0.5, 0.6) is 0 Å². The van der Waals surface area contributed by atoms with Crippen molar-refractivity contribution in [1.29, 1.82) is 0 Å². The Morgan fingerprint density at radius 2 is 2.00 bits per heavy atom. The van der Waals surface area contributed by atoms with Gasteiger partial charge in [0.15, 0.2) is 5.82 Å². The van der Waals surface area contributed by atoms with Gasteiger partial charge in [-0.05, 0) is 53.3 Å². The van der Waals surface area contributed by atoms with Crippen LogP contribution < -0.4 is 5.73 Å². The molecular weight excluding hydrogens is 380 g/mol. The highest BCUT2D eigenvalue weighted by Gasteiger charge is 2.17. The van der Waals surface area contributed by atoms with Gasteiger partial charge in [-0.15, -0.1) is 0 Å². The van der Waals surface area contributed by atoms with Crippen LogP contribution in [0.3, 0.4) is 0 Å². The van der Waals surface area contributed by atoms with Crippen LogP contribution >= 0.6 is 22.6 Å². The van der Waals surface area contributed by atoms with Gasteiger partial charge in [0.1, 0.15) is 5.82 Å². The van der Waals surface area contributed by atoms with E-state index in [0.717, 1.165) is 31.5 Å². The molecule has 0 aliphatic heterocycles. The Morgan fingerprint density at radius 1 is 1.19 bits per heavy atom. The summed E-state index contributed by atoms with van der Waals surface area (Å²) in [6.07, 6.45) is 0. The molecule has 3 aromatic rings. The summed E-state index contributed by atoms with van der Waals surface area (Å²) in [5.74, 6) is 0.184. The molecule has 0 radical (unpaired) electrons. The fourth-order valence-electron chi connectivity index (χ4n) is 2.34. The molecule has 0 saturated heterocycles. The molecule has 3 rings (SSSR count). The summed E-state index contributed by atoms with van der Waals surface area (Å²) in [6, 6.07) is 12.7. The number of nitrogens with two attached hydrogens (primary N) is 1. The van der Waals surface area contributed by atoms with Gasteiger partial charge in [-0.25, -0.2) is 4.39 Å². The third kappa shape index (κ3) is 2.65. The van der Waals surface area contributed by atoms with E-state index in [4.69, 9.17) is 5.73 Å². The molecule has 1 heterocycles. The first-order valence-electron chi connectivity index (χ1n) is 6.42. The maximum Gasteiger partial charge on any atom is 0.153 e. The lowest BCUT2D eigenvalue weighted by Gasteiger charge is -2.07. The number of aromatic amines is 1. The van der Waals surface area contributed by atoms with E-state index in [1.807, 2.05) is 25.1 Å². The molecule has 0 fully saturated rings. The lowest BCUT2D eigenvalue weighted by molar-refractivity contribution is 0.627. The van der Waals surface area contributed by atoms with E-state index in [0.29, 0.717) is 5.82 Å². The lowest BCUT2D eigenvalue weighted by atomic mass is 9.99. The van der Waals surface area contributed by atoms with Crippen molar-refractivity contribution in [3.05, 3.63) is 57.4 Å². The second-order valence-corrected chi connectivity index (χ2v) is 6.01. The molecule has 106 valence electrons. The Hall–Kier alpha value is -1.89. The van der Waals surface area contributed by atoms with Crippen LogP contribution in [0.4, 0.5) is 10.2 Å². The number of nitrogen functional groups attached to an aromatic ring is 1. The quantitative estimate of drug-likeness (QED) is 0.635. The number of anilines is 1. The highest BCUT2D eigenvalue weighted by atomic mass is 127. The third-order valence-corrected chi connectivity index (χ3v) is 4.19. The second kappa shape index (κ2) is 5.48. The SMILES string of the molecule is Cc1cccc(-c2c(N)n[nH]c2-c2ccc(F)cc2I)c1. The topological polar surface area (TPSA) is 54.7 Å². The highest BCUT2D eigenvalue weighted by Crippen LogP contribution is 2.36. The number of benzene rings is 2. The normalized spacial score (nSPS) is 10.8. The molecule has 0 atom stereocenters. The second-order valence-electron chi connectivity index (χ2n) is 4.85. The number of nitrogens with zero attached hydrogens (tertiary/aromatic N) is 1. The predicted molar refractivity (Wildman–Crippen MR) is 91.3 cm³/mol. The fourth-order valence-corrected chi connectivity index (χ4v) is 3.08. The number of aromatic nitrogens is 2. The molecule has 0 spiro atoms. The van der Waals surface area contributed by atoms with Gasteiger partial charge in [0.25, 0.3) is 0 Å². The van der Waals surface area contributed by atoms with Crippen LogP contribution in [-0.2, 0) is 0 Å². The molecular formula is C16H13FIN3. The molecule has 0 amide bonds. The number of rotatable bonds is 2. The number of H-pyrrole nitrogens is 1. The van der Waals surface area contributed by atoms with E-state index in [-0.39, 0.29) is 5.82 Å². The van der Waals surface area contributed by atoms with E-state index in [9.17, 15) is 4.39 Å². The number of nitrogens with one attached hydrogen (secondary N) is 1. The first-order valence-corrected chi connectivity index (χ1v) is 7.50. The standard InChI is InChI=1S/C16H13FIN3/c1-9-3-2-4-10(7-9)14-15(20-21-16(14)19)12-6-5-11(17)8-13(12)18/h2-8H,1H3,(H3,19,20,21). The summed E-state index contributed by atoms with van der Waals surface area (Å²) in [7, 11) is 0. The van der Waals surface area contributed by atoms with Crippen molar-refractivity contribution in [2.75, 3.05) is 5.73 Å². The van der Waals surface area contributed by atoms with Crippen LogP contribution in [0.15, 0.2) is 42.5 Å². The Balaban J connectivity index is 2.22. The summed E-state index contributed by atoms with van der Waals surface area (Å²) in [6.45, 7) is 2.03. The first kappa shape index (κ1) is 14.1. The van der Waals surface area contributed by atoms with Gasteiger partial charge in [0.05, 0.1) is 11.3 Å². The highest BCUT2D eigenvalue weighted by molar-refractivity contribution is 14.1. The van der Waals surface area contributed by atoms with E-state index in [1.165, 1.54) is 12.1 Å². The van der Waals surface area contributed by atoms with Crippen molar-refractivity contribution >= 4 is 28.4 Å². The van der Waals surface area contributed by atoms with Gasteiger partial charge in [0, 0.05) is 9.13 Å². The number of halogens is 2. The van der Waals surface area contributed by atoms with Gasteiger partial charge < -0.3 is 5.73 Å². The van der Waals surface area contributed by atoms with Gasteiger partial charge in [0.2, 0.25) is 0 Å². The van der Waals surface area contributed by atoms with Gasteiger partial charge in [-0.1, -0.05) is 29.8 Å². The molecule has 2 aromatic carbocycles. The van der Waals surface area contributed by atoms with Gasteiger partial charge >= 0.3 is 0 Å². The Bertz CT molecular complexity index is 811. The monoisotopic (exact) mass is 393 g/mol.